The van der Waals surface area contributed by atoms with Crippen LogP contribution in [-0.4, -0.2) is 431 Å². The van der Waals surface area contributed by atoms with Crippen molar-refractivity contribution in [3.8, 4) is 0 Å². The lowest BCUT2D eigenvalue weighted by atomic mass is 9.95. The third-order valence-electron chi connectivity index (χ3n) is 16.6. The minimum atomic E-state index is -2.35. The Bertz CT molecular complexity index is 2120. The highest BCUT2D eigenvalue weighted by Gasteiger charge is 2.58. The van der Waals surface area contributed by atoms with Crippen LogP contribution in [0.2, 0.25) is 0 Å². The smallest absolute Gasteiger partial charge is 0.187 e. The lowest BCUT2D eigenvalue weighted by Gasteiger charge is -2.50. The van der Waals surface area contributed by atoms with Crippen LogP contribution in [0.4, 0.5) is 0 Å². The quantitative estimate of drug-likeness (QED) is 0.0479. The number of hydrogen-bond acceptors (Lipinski definition) is 41. The molecule has 0 aromatic rings. The SMILES string of the molecule is OC[C@H]1O[C@H](OC[C@H]2O[C@H](O[C@H]3[C@H](O)[C@@H](O)[C@@H](O[C@H]4[C@H](O)[C@@H](O)[C@@H](O)O[C@@H]4CO)O[C@@H]3CO)[C@H](O)[C@@H](O)[C@@H]2O[C@H]2O[C@H](CO)[C@@H](O[C@H]3O[C@H](CO[C@H]4O[C@H](CO)[C@@H](O[C@H]5O[C@H](CO)[C@@H](O)[C@H](O)[C@H]5O)[C@H](O)[C@H]4O)[C@@H](O)[C@H](O)[C@H]3O)[C@H](O)[C@H]2O)[C@H](O)[C@@H](O)[C@@H]1O. The van der Waals surface area contributed by atoms with Crippen molar-refractivity contribution in [3.05, 3.63) is 0 Å². The van der Waals surface area contributed by atoms with E-state index in [2.05, 4.69) is 0 Å². The van der Waals surface area contributed by atoms with Crippen LogP contribution in [0, 0.1) is 0 Å². The van der Waals surface area contributed by atoms with Gasteiger partial charge in [0, 0.05) is 0 Å². The fourth-order valence-electron chi connectivity index (χ4n) is 11.3. The molecule has 89 heavy (non-hydrogen) atoms. The van der Waals surface area contributed by atoms with Gasteiger partial charge < -0.3 is 204 Å². The Hall–Kier alpha value is -1.64. The zero-order valence-corrected chi connectivity index (χ0v) is 46.5. The van der Waals surface area contributed by atoms with Gasteiger partial charge in [0.15, 0.2) is 50.3 Å². The molecule has 0 amide bonds. The molecule has 0 bridgehead atoms. The second-order valence-electron chi connectivity index (χ2n) is 22.5. The lowest BCUT2D eigenvalue weighted by molar-refractivity contribution is -0.396. The standard InChI is InChI=1S/C48H82O41/c49-1-9-17(55)20(58)29(67)42(78-9)76-8-16-40(27(65)35(73)48(84-16)88-39-14(6-54)81-46(33(71)25(39)63)85-36-11(3-51)77-41(74)28(66)23(36)61)89-47-34(72)26(64)38(13(5-53)82-47)87-45-31(69)22(60)19(57)15(83-45)7-75-43-32(70)24(62)37(12(4-52)80-43)86-44-30(68)21(59)18(56)10(2-50)79-44/h9-74H,1-8H2/t9-,10-,11-,12-,13-,14-,15-,16-,17-,18-,19-,20+,21+,22+,23-,24-,25-,26-,27-,28-,29-,30-,31-,32-,33-,34-,35-,36-,37-,38-,39-,40-,41+,42+,43+,44-,45-,46-,47-,48-/m1/s1. The summed E-state index contributed by atoms with van der Waals surface area (Å²) in [5.41, 5.74) is 0. The van der Waals surface area contributed by atoms with Crippen LogP contribution in [0.25, 0.3) is 0 Å². The van der Waals surface area contributed by atoms with Crippen molar-refractivity contribution in [1.29, 1.82) is 0 Å². The molecule has 8 heterocycles. The molecule has 0 radical (unpaired) electrons. The lowest BCUT2D eigenvalue weighted by Crippen LogP contribution is -2.68. The molecule has 0 unspecified atom stereocenters. The third-order valence-corrected chi connectivity index (χ3v) is 16.6. The van der Waals surface area contributed by atoms with E-state index in [1.54, 1.807) is 0 Å². The van der Waals surface area contributed by atoms with Crippen molar-refractivity contribution in [2.24, 2.45) is 0 Å². The number of aliphatic hydroxyl groups is 26. The number of ether oxygens (including phenoxy) is 15. The van der Waals surface area contributed by atoms with E-state index in [-0.39, 0.29) is 0 Å². The molecule has 8 aliphatic rings. The molecule has 26 N–H and O–H groups in total. The topological polar surface area (TPSA) is 664 Å². The van der Waals surface area contributed by atoms with E-state index in [4.69, 9.17) is 71.1 Å². The maximum Gasteiger partial charge on any atom is 0.187 e. The highest BCUT2D eigenvalue weighted by Crippen LogP contribution is 2.38. The van der Waals surface area contributed by atoms with Gasteiger partial charge in [-0.05, 0) is 0 Å². The van der Waals surface area contributed by atoms with Crippen molar-refractivity contribution in [1.82, 2.24) is 0 Å². The first-order valence-corrected chi connectivity index (χ1v) is 28.2. The molecule has 8 fully saturated rings. The highest BCUT2D eigenvalue weighted by atomic mass is 16.8. The van der Waals surface area contributed by atoms with E-state index in [9.17, 15) is 133 Å². The average Bonchev–Trinajstić information content (AvgIpc) is 1.48. The summed E-state index contributed by atoms with van der Waals surface area (Å²) in [4.78, 5) is 0. The Balaban J connectivity index is 0.935. The Morgan fingerprint density at radius 1 is 0.191 bits per heavy atom. The summed E-state index contributed by atoms with van der Waals surface area (Å²) >= 11 is 0. The van der Waals surface area contributed by atoms with Crippen molar-refractivity contribution in [3.63, 3.8) is 0 Å². The molecule has 520 valence electrons. The van der Waals surface area contributed by atoms with E-state index in [1.807, 2.05) is 0 Å². The van der Waals surface area contributed by atoms with Crippen LogP contribution >= 0.6 is 0 Å². The summed E-state index contributed by atoms with van der Waals surface area (Å²) < 4.78 is 83.9. The summed E-state index contributed by atoms with van der Waals surface area (Å²) in [6, 6.07) is 0. The Morgan fingerprint density at radius 3 is 0.753 bits per heavy atom. The van der Waals surface area contributed by atoms with E-state index in [1.165, 1.54) is 0 Å². The fraction of sp³-hybridized carbons (Fsp3) is 1.00. The molecule has 41 nitrogen and oxygen atoms in total. The molecule has 8 rings (SSSR count). The van der Waals surface area contributed by atoms with Gasteiger partial charge in [-0.2, -0.15) is 0 Å². The summed E-state index contributed by atoms with van der Waals surface area (Å²) in [5.74, 6) is 0. The minimum absolute atomic E-state index is 0.852. The van der Waals surface area contributed by atoms with Crippen LogP contribution in [0.5, 0.6) is 0 Å². The van der Waals surface area contributed by atoms with Crippen LogP contribution in [-0.2, 0) is 71.1 Å². The monoisotopic (exact) mass is 1310 g/mol. The largest absolute Gasteiger partial charge is 0.394 e. The van der Waals surface area contributed by atoms with Gasteiger partial charge in [0.1, 0.15) is 195 Å². The zero-order chi connectivity index (χ0) is 65.4. The van der Waals surface area contributed by atoms with Crippen molar-refractivity contribution >= 4 is 0 Å². The van der Waals surface area contributed by atoms with Gasteiger partial charge in [0.05, 0.1) is 52.9 Å². The average molecular weight is 1320 g/mol. The van der Waals surface area contributed by atoms with Crippen LogP contribution in [0.1, 0.15) is 0 Å². The van der Waals surface area contributed by atoms with Gasteiger partial charge in [0.2, 0.25) is 0 Å². The fourth-order valence-corrected chi connectivity index (χ4v) is 11.3. The maximum atomic E-state index is 11.8. The summed E-state index contributed by atoms with van der Waals surface area (Å²) in [6.07, 6.45) is -79.2. The van der Waals surface area contributed by atoms with Gasteiger partial charge in [-0.3, -0.25) is 0 Å². The van der Waals surface area contributed by atoms with Gasteiger partial charge in [-0.25, -0.2) is 0 Å². The van der Waals surface area contributed by atoms with Crippen molar-refractivity contribution in [2.75, 3.05) is 52.9 Å². The molecule has 0 spiro atoms. The summed E-state index contributed by atoms with van der Waals surface area (Å²) in [5, 5.41) is 277. The van der Waals surface area contributed by atoms with Crippen molar-refractivity contribution in [2.45, 2.75) is 246 Å². The normalized spacial score (nSPS) is 53.6. The number of hydrogen-bond donors (Lipinski definition) is 26. The van der Waals surface area contributed by atoms with Crippen molar-refractivity contribution < 1.29 is 204 Å². The maximum absolute atomic E-state index is 11.8. The minimum Gasteiger partial charge on any atom is -0.394 e. The van der Waals surface area contributed by atoms with E-state index < -0.39 is 299 Å². The summed E-state index contributed by atoms with van der Waals surface area (Å²) in [6.45, 7) is -7.79. The predicted molar refractivity (Wildman–Crippen MR) is 264 cm³/mol. The van der Waals surface area contributed by atoms with Gasteiger partial charge >= 0.3 is 0 Å². The molecule has 0 saturated carbocycles. The molecule has 8 saturated heterocycles. The Labute approximate surface area is 501 Å². The van der Waals surface area contributed by atoms with Crippen LogP contribution in [0.3, 0.4) is 0 Å². The first-order chi connectivity index (χ1) is 42.2. The first kappa shape index (κ1) is 73.2. The molecule has 40 atom stereocenters. The zero-order valence-electron chi connectivity index (χ0n) is 46.5. The van der Waals surface area contributed by atoms with E-state index in [0.717, 1.165) is 0 Å². The van der Waals surface area contributed by atoms with Crippen LogP contribution < -0.4 is 0 Å². The second kappa shape index (κ2) is 31.5. The molecule has 0 aromatic carbocycles. The number of aliphatic hydroxyl groups excluding tert-OH is 26. The van der Waals surface area contributed by atoms with Crippen LogP contribution in [0.15, 0.2) is 0 Å². The van der Waals surface area contributed by atoms with Gasteiger partial charge in [-0.15, -0.1) is 0 Å². The summed E-state index contributed by atoms with van der Waals surface area (Å²) in [7, 11) is 0. The Kier molecular flexibility index (Phi) is 25.9. The third kappa shape index (κ3) is 15.3. The Morgan fingerprint density at radius 2 is 0.404 bits per heavy atom. The predicted octanol–water partition coefficient (Wildman–Crippen LogP) is -18.5. The van der Waals surface area contributed by atoms with E-state index in [0.29, 0.717) is 0 Å². The van der Waals surface area contributed by atoms with Gasteiger partial charge in [-0.1, -0.05) is 0 Å². The van der Waals surface area contributed by atoms with Gasteiger partial charge in [0.25, 0.3) is 0 Å². The molecular weight excluding hydrogens is 1230 g/mol. The first-order valence-electron chi connectivity index (χ1n) is 28.2. The molecular formula is C48H82O41. The molecule has 0 aliphatic carbocycles. The highest BCUT2D eigenvalue weighted by molar-refractivity contribution is 5.01. The molecule has 0 aromatic heterocycles. The number of rotatable bonds is 22. The molecule has 41 heteroatoms. The van der Waals surface area contributed by atoms with E-state index >= 15 is 0 Å². The second-order valence-corrected chi connectivity index (χ2v) is 22.5. The molecule has 8 aliphatic heterocycles.